The van der Waals surface area contributed by atoms with Crippen LogP contribution < -0.4 is 0 Å². The van der Waals surface area contributed by atoms with Crippen LogP contribution in [0.4, 0.5) is 13.2 Å². The number of hydrogen-bond acceptors (Lipinski definition) is 0. The number of alkyl halides is 3. The van der Waals surface area contributed by atoms with Crippen molar-refractivity contribution in [3.8, 4) is 0 Å². The van der Waals surface area contributed by atoms with Gasteiger partial charge >= 0.3 is 6.18 Å². The number of hydrogen-bond donors (Lipinski definition) is 1. The van der Waals surface area contributed by atoms with E-state index < -0.39 is 12.1 Å². The Kier molecular flexibility index (Phi) is 9.63. The van der Waals surface area contributed by atoms with Crippen molar-refractivity contribution in [1.82, 2.24) is 4.98 Å². The van der Waals surface area contributed by atoms with Crippen LogP contribution in [0.1, 0.15) is 65.4 Å². The first-order valence-corrected chi connectivity index (χ1v) is 8.08. The molecule has 0 aliphatic rings. The first kappa shape index (κ1) is 20.6. The number of fused-ring (bicyclic) bond motifs is 1. The van der Waals surface area contributed by atoms with Crippen LogP contribution in [-0.2, 0) is 0 Å². The normalized spacial score (nSPS) is 12.0. The van der Waals surface area contributed by atoms with Gasteiger partial charge in [-0.25, -0.2) is 0 Å². The first-order valence-electron chi connectivity index (χ1n) is 8.08. The van der Waals surface area contributed by atoms with Crippen LogP contribution in [0.2, 0.25) is 0 Å². The van der Waals surface area contributed by atoms with Crippen molar-refractivity contribution in [2.75, 3.05) is 0 Å². The Labute approximate surface area is 131 Å². The number of rotatable bonds is 3. The predicted molar refractivity (Wildman–Crippen MR) is 89.3 cm³/mol. The fourth-order valence-corrected chi connectivity index (χ4v) is 2.17. The van der Waals surface area contributed by atoms with Gasteiger partial charge in [0, 0.05) is 17.1 Å². The first-order chi connectivity index (χ1) is 10.5. The second kappa shape index (κ2) is 10.3. The van der Waals surface area contributed by atoms with E-state index in [-0.39, 0.29) is 6.42 Å². The number of para-hydroxylation sites is 1. The fraction of sp³-hybridized carbons (Fsp3) is 0.556. The standard InChI is InChI=1S/C13H14F3N.C3H8.C2H6/c1-2-5-11(13(14,15)16)10-8-17-12-7-4-3-6-9(10)12;1-3-2;1-2/h3-4,6-8,11,17H,2,5H2,1H3;3H2,1-2H3;1-2H3. The Morgan fingerprint density at radius 1 is 1.05 bits per heavy atom. The van der Waals surface area contributed by atoms with Gasteiger partial charge in [-0.05, 0) is 18.1 Å². The number of halogens is 3. The lowest BCUT2D eigenvalue weighted by Crippen LogP contribution is -2.20. The summed E-state index contributed by atoms with van der Waals surface area (Å²) in [5.74, 6) is -1.37. The van der Waals surface area contributed by atoms with Gasteiger partial charge in [0.05, 0.1) is 5.92 Å². The van der Waals surface area contributed by atoms with Crippen LogP contribution >= 0.6 is 0 Å². The van der Waals surface area contributed by atoms with E-state index in [0.29, 0.717) is 17.4 Å². The van der Waals surface area contributed by atoms with Crippen LogP contribution in [-0.4, -0.2) is 11.2 Å². The van der Waals surface area contributed by atoms with Crippen molar-refractivity contribution < 1.29 is 13.2 Å². The van der Waals surface area contributed by atoms with Crippen molar-refractivity contribution in [3.05, 3.63) is 36.0 Å². The lowest BCUT2D eigenvalue weighted by molar-refractivity contribution is -0.151. The van der Waals surface area contributed by atoms with Gasteiger partial charge in [0.15, 0.2) is 0 Å². The minimum Gasteiger partial charge on any atom is -0.361 e. The molecule has 22 heavy (non-hydrogen) atoms. The third-order valence-corrected chi connectivity index (χ3v) is 2.97. The molecule has 1 aromatic heterocycles. The van der Waals surface area contributed by atoms with Crippen LogP contribution in [0.15, 0.2) is 30.5 Å². The van der Waals surface area contributed by atoms with Crippen molar-refractivity contribution in [2.45, 2.75) is 66.0 Å². The molecule has 2 aromatic rings. The largest absolute Gasteiger partial charge is 0.395 e. The summed E-state index contributed by atoms with van der Waals surface area (Å²) >= 11 is 0. The van der Waals surface area contributed by atoms with E-state index in [4.69, 9.17) is 0 Å². The molecule has 1 nitrogen and oxygen atoms in total. The lowest BCUT2D eigenvalue weighted by Gasteiger charge is -2.19. The second-order valence-corrected chi connectivity index (χ2v) is 4.88. The second-order valence-electron chi connectivity index (χ2n) is 4.88. The molecule has 1 heterocycles. The van der Waals surface area contributed by atoms with Crippen LogP contribution in [0.3, 0.4) is 0 Å². The van der Waals surface area contributed by atoms with E-state index in [9.17, 15) is 13.2 Å². The van der Waals surface area contributed by atoms with Gasteiger partial charge in [0.25, 0.3) is 0 Å². The SMILES string of the molecule is CC.CCC.CCCC(c1c[nH]c2ccccc12)C(F)(F)F. The molecular weight excluding hydrogens is 287 g/mol. The highest BCUT2D eigenvalue weighted by Gasteiger charge is 2.40. The van der Waals surface area contributed by atoms with E-state index in [0.717, 1.165) is 5.52 Å². The van der Waals surface area contributed by atoms with Crippen LogP contribution in [0.5, 0.6) is 0 Å². The quantitative estimate of drug-likeness (QED) is 0.624. The highest BCUT2D eigenvalue weighted by atomic mass is 19.4. The molecule has 1 atom stereocenters. The summed E-state index contributed by atoms with van der Waals surface area (Å²) in [5, 5.41) is 0.670. The summed E-state index contributed by atoms with van der Waals surface area (Å²) in [6.45, 7) is 10.0. The number of H-pyrrole nitrogens is 1. The molecule has 126 valence electrons. The molecule has 2 rings (SSSR count). The average Bonchev–Trinajstić information content (AvgIpc) is 2.90. The van der Waals surface area contributed by atoms with Crippen molar-refractivity contribution in [1.29, 1.82) is 0 Å². The molecule has 0 spiro atoms. The van der Waals surface area contributed by atoms with Crippen molar-refractivity contribution in [2.24, 2.45) is 0 Å². The topological polar surface area (TPSA) is 15.8 Å². The molecule has 0 bridgehead atoms. The van der Waals surface area contributed by atoms with Gasteiger partial charge in [-0.2, -0.15) is 13.2 Å². The fourth-order valence-electron chi connectivity index (χ4n) is 2.17. The molecule has 0 aliphatic heterocycles. The summed E-state index contributed by atoms with van der Waals surface area (Å²) in [7, 11) is 0. The minimum atomic E-state index is -4.18. The minimum absolute atomic E-state index is 0.130. The summed E-state index contributed by atoms with van der Waals surface area (Å²) in [6.07, 6.45) is -0.797. The third kappa shape index (κ3) is 5.74. The highest BCUT2D eigenvalue weighted by Crippen LogP contribution is 2.40. The van der Waals surface area contributed by atoms with Gasteiger partial charge < -0.3 is 4.98 Å². The Balaban J connectivity index is 0.000000789. The summed E-state index contributed by atoms with van der Waals surface area (Å²) in [6, 6.07) is 7.10. The zero-order valence-corrected chi connectivity index (χ0v) is 14.2. The summed E-state index contributed by atoms with van der Waals surface area (Å²) < 4.78 is 39.0. The van der Waals surface area contributed by atoms with E-state index in [2.05, 4.69) is 18.8 Å². The Morgan fingerprint density at radius 3 is 2.09 bits per heavy atom. The Morgan fingerprint density at radius 2 is 1.59 bits per heavy atom. The molecule has 4 heteroatoms. The maximum atomic E-state index is 13.0. The summed E-state index contributed by atoms with van der Waals surface area (Å²) in [4.78, 5) is 2.90. The summed E-state index contributed by atoms with van der Waals surface area (Å²) in [5.41, 5.74) is 1.11. The van der Waals surface area contributed by atoms with Crippen molar-refractivity contribution in [3.63, 3.8) is 0 Å². The Hall–Kier alpha value is -1.45. The zero-order valence-electron chi connectivity index (χ0n) is 14.2. The highest BCUT2D eigenvalue weighted by molar-refractivity contribution is 5.83. The number of aromatic amines is 1. The van der Waals surface area contributed by atoms with E-state index in [1.54, 1.807) is 25.1 Å². The molecule has 0 amide bonds. The molecule has 1 N–H and O–H groups in total. The van der Waals surface area contributed by atoms with Gasteiger partial charge in [0.1, 0.15) is 0 Å². The monoisotopic (exact) mass is 315 g/mol. The molecule has 0 radical (unpaired) electrons. The lowest BCUT2D eigenvalue weighted by atomic mass is 9.93. The van der Waals surface area contributed by atoms with Gasteiger partial charge in [0.2, 0.25) is 0 Å². The molecule has 0 saturated carbocycles. The van der Waals surface area contributed by atoms with Gasteiger partial charge in [-0.15, -0.1) is 0 Å². The van der Waals surface area contributed by atoms with Crippen LogP contribution in [0, 0.1) is 0 Å². The molecule has 1 unspecified atom stereocenters. The maximum absolute atomic E-state index is 13.0. The maximum Gasteiger partial charge on any atom is 0.395 e. The number of benzene rings is 1. The molecule has 1 aromatic carbocycles. The van der Waals surface area contributed by atoms with Crippen LogP contribution in [0.25, 0.3) is 10.9 Å². The van der Waals surface area contributed by atoms with E-state index in [1.165, 1.54) is 12.6 Å². The van der Waals surface area contributed by atoms with Gasteiger partial charge in [-0.3, -0.25) is 0 Å². The molecule has 0 fully saturated rings. The predicted octanol–water partition coefficient (Wildman–Crippen LogP) is 7.06. The average molecular weight is 315 g/mol. The number of aromatic nitrogens is 1. The van der Waals surface area contributed by atoms with E-state index in [1.807, 2.05) is 19.9 Å². The molecule has 0 aliphatic carbocycles. The number of nitrogens with one attached hydrogen (secondary N) is 1. The zero-order chi connectivity index (χ0) is 17.2. The van der Waals surface area contributed by atoms with Gasteiger partial charge in [-0.1, -0.05) is 65.7 Å². The van der Waals surface area contributed by atoms with Crippen molar-refractivity contribution >= 4 is 10.9 Å². The molecule has 0 saturated heterocycles. The smallest absolute Gasteiger partial charge is 0.361 e. The Bertz CT molecular complexity index is 514. The molecular formula is C18H28F3N. The third-order valence-electron chi connectivity index (χ3n) is 2.97. The van der Waals surface area contributed by atoms with E-state index >= 15 is 0 Å².